The van der Waals surface area contributed by atoms with Crippen LogP contribution in [0, 0.1) is 11.8 Å². The van der Waals surface area contributed by atoms with E-state index in [0.29, 0.717) is 29.7 Å². The Morgan fingerprint density at radius 3 is 2.26 bits per heavy atom. The standard InChI is InChI=1S/C19H24ClNO2/c1-12(13-2-3-13)18(22)21-16-8-9-17(21)11-19(23,10-16)14-4-6-15(20)7-5-14/h4-7,12-13,16-17,23H,2-3,8-11H2,1H3. The molecule has 3 atom stereocenters. The van der Waals surface area contributed by atoms with E-state index in [9.17, 15) is 9.90 Å². The summed E-state index contributed by atoms with van der Waals surface area (Å²) in [7, 11) is 0. The topological polar surface area (TPSA) is 40.5 Å². The maximum absolute atomic E-state index is 12.9. The molecule has 3 aliphatic rings. The first-order valence-corrected chi connectivity index (χ1v) is 9.16. The number of hydrogen-bond acceptors (Lipinski definition) is 2. The zero-order chi connectivity index (χ0) is 16.2. The Kier molecular flexibility index (Phi) is 3.69. The van der Waals surface area contributed by atoms with Gasteiger partial charge in [0.05, 0.1) is 5.60 Å². The van der Waals surface area contributed by atoms with Crippen molar-refractivity contribution in [2.45, 2.75) is 63.1 Å². The zero-order valence-corrected chi connectivity index (χ0v) is 14.3. The molecule has 1 aliphatic carbocycles. The highest BCUT2D eigenvalue weighted by Crippen LogP contribution is 2.47. The third-order valence-electron chi connectivity index (χ3n) is 6.12. The van der Waals surface area contributed by atoms with Crippen molar-refractivity contribution in [3.05, 3.63) is 34.9 Å². The molecular weight excluding hydrogens is 310 g/mol. The number of rotatable bonds is 3. The zero-order valence-electron chi connectivity index (χ0n) is 13.5. The average Bonchev–Trinajstić information content (AvgIpc) is 3.32. The van der Waals surface area contributed by atoms with Crippen molar-refractivity contribution in [3.8, 4) is 0 Å². The van der Waals surface area contributed by atoms with Crippen LogP contribution in [0.25, 0.3) is 0 Å². The van der Waals surface area contributed by atoms with Gasteiger partial charge in [0.25, 0.3) is 0 Å². The summed E-state index contributed by atoms with van der Waals surface area (Å²) >= 11 is 5.97. The van der Waals surface area contributed by atoms with E-state index in [1.165, 1.54) is 12.8 Å². The van der Waals surface area contributed by atoms with Gasteiger partial charge in [-0.1, -0.05) is 30.7 Å². The summed E-state index contributed by atoms with van der Waals surface area (Å²) in [6, 6.07) is 7.89. The van der Waals surface area contributed by atoms with Crippen LogP contribution in [0.5, 0.6) is 0 Å². The second-order valence-electron chi connectivity index (χ2n) is 7.70. The Hall–Kier alpha value is -1.06. The molecule has 3 unspecified atom stereocenters. The fraction of sp³-hybridized carbons (Fsp3) is 0.632. The summed E-state index contributed by atoms with van der Waals surface area (Å²) in [5.41, 5.74) is 0.108. The molecule has 4 rings (SSSR count). The van der Waals surface area contributed by atoms with Gasteiger partial charge in [-0.2, -0.15) is 0 Å². The van der Waals surface area contributed by atoms with Crippen molar-refractivity contribution >= 4 is 17.5 Å². The molecule has 1 saturated carbocycles. The van der Waals surface area contributed by atoms with E-state index in [0.717, 1.165) is 18.4 Å². The van der Waals surface area contributed by atoms with Crippen molar-refractivity contribution in [1.29, 1.82) is 0 Å². The van der Waals surface area contributed by atoms with Crippen LogP contribution in [0.1, 0.15) is 51.0 Å². The third-order valence-corrected chi connectivity index (χ3v) is 6.37. The summed E-state index contributed by atoms with van der Waals surface area (Å²) < 4.78 is 0. The number of amides is 1. The molecule has 2 saturated heterocycles. The van der Waals surface area contributed by atoms with Crippen molar-refractivity contribution in [2.24, 2.45) is 11.8 Å². The molecule has 2 heterocycles. The van der Waals surface area contributed by atoms with Crippen LogP contribution >= 0.6 is 11.6 Å². The van der Waals surface area contributed by atoms with Gasteiger partial charge >= 0.3 is 0 Å². The van der Waals surface area contributed by atoms with Crippen LogP contribution in [0.2, 0.25) is 5.02 Å². The normalized spacial score (nSPS) is 34.5. The van der Waals surface area contributed by atoms with Crippen LogP contribution in [0.3, 0.4) is 0 Å². The van der Waals surface area contributed by atoms with Crippen LogP contribution in [0.15, 0.2) is 24.3 Å². The van der Waals surface area contributed by atoms with Gasteiger partial charge in [0, 0.05) is 35.9 Å². The van der Waals surface area contributed by atoms with Crippen LogP contribution in [-0.2, 0) is 10.4 Å². The molecule has 1 amide bonds. The van der Waals surface area contributed by atoms with Gasteiger partial charge in [0.2, 0.25) is 5.91 Å². The van der Waals surface area contributed by atoms with Crippen molar-refractivity contribution in [2.75, 3.05) is 0 Å². The number of halogens is 1. The van der Waals surface area contributed by atoms with Gasteiger partial charge in [-0.15, -0.1) is 0 Å². The lowest BCUT2D eigenvalue weighted by molar-refractivity contribution is -0.146. The van der Waals surface area contributed by atoms with Gasteiger partial charge in [-0.25, -0.2) is 0 Å². The molecule has 0 radical (unpaired) electrons. The van der Waals surface area contributed by atoms with E-state index in [1.807, 2.05) is 24.3 Å². The highest BCUT2D eigenvalue weighted by molar-refractivity contribution is 6.30. The molecule has 3 nitrogen and oxygen atoms in total. The van der Waals surface area contributed by atoms with Crippen molar-refractivity contribution < 1.29 is 9.90 Å². The highest BCUT2D eigenvalue weighted by atomic mass is 35.5. The third kappa shape index (κ3) is 2.68. The molecule has 124 valence electrons. The second kappa shape index (κ2) is 5.49. The Balaban J connectivity index is 1.55. The molecule has 1 aromatic rings. The maximum atomic E-state index is 12.9. The summed E-state index contributed by atoms with van der Waals surface area (Å²) in [6.45, 7) is 2.08. The molecule has 0 spiro atoms. The van der Waals surface area contributed by atoms with E-state index in [-0.39, 0.29) is 18.0 Å². The number of hydrogen-bond donors (Lipinski definition) is 1. The Labute approximate surface area is 142 Å². The Morgan fingerprint density at radius 1 is 1.17 bits per heavy atom. The smallest absolute Gasteiger partial charge is 0.226 e. The molecule has 0 aromatic heterocycles. The Morgan fingerprint density at radius 2 is 1.74 bits per heavy atom. The van der Waals surface area contributed by atoms with E-state index in [4.69, 9.17) is 11.6 Å². The molecule has 1 aromatic carbocycles. The lowest BCUT2D eigenvalue weighted by Crippen LogP contribution is -2.53. The van der Waals surface area contributed by atoms with Gasteiger partial charge < -0.3 is 10.0 Å². The van der Waals surface area contributed by atoms with Gasteiger partial charge in [0.1, 0.15) is 0 Å². The first kappa shape index (κ1) is 15.5. The molecule has 2 bridgehead atoms. The highest BCUT2D eigenvalue weighted by Gasteiger charge is 2.51. The maximum Gasteiger partial charge on any atom is 0.226 e. The monoisotopic (exact) mass is 333 g/mol. The van der Waals surface area contributed by atoms with Crippen molar-refractivity contribution in [1.82, 2.24) is 4.90 Å². The van der Waals surface area contributed by atoms with Crippen molar-refractivity contribution in [3.63, 3.8) is 0 Å². The minimum Gasteiger partial charge on any atom is -0.385 e. The number of fused-ring (bicyclic) bond motifs is 2. The molecular formula is C19H24ClNO2. The predicted molar refractivity (Wildman–Crippen MR) is 90.1 cm³/mol. The minimum absolute atomic E-state index is 0.153. The molecule has 23 heavy (non-hydrogen) atoms. The number of carbonyl (C=O) groups is 1. The lowest BCUT2D eigenvalue weighted by atomic mass is 9.80. The summed E-state index contributed by atoms with van der Waals surface area (Å²) in [6.07, 6.45) is 5.73. The van der Waals surface area contributed by atoms with Crippen LogP contribution in [-0.4, -0.2) is 28.0 Å². The van der Waals surface area contributed by atoms with Crippen LogP contribution < -0.4 is 0 Å². The first-order valence-electron chi connectivity index (χ1n) is 8.78. The van der Waals surface area contributed by atoms with E-state index in [2.05, 4.69) is 11.8 Å². The van der Waals surface area contributed by atoms with Gasteiger partial charge in [0.15, 0.2) is 0 Å². The summed E-state index contributed by atoms with van der Waals surface area (Å²) in [4.78, 5) is 15.0. The minimum atomic E-state index is -0.823. The molecule has 4 heteroatoms. The fourth-order valence-electron chi connectivity index (χ4n) is 4.61. The van der Waals surface area contributed by atoms with E-state index < -0.39 is 5.60 Å². The summed E-state index contributed by atoms with van der Waals surface area (Å²) in [5.74, 6) is 1.07. The molecule has 1 N–H and O–H groups in total. The SMILES string of the molecule is CC(C(=O)N1C2CCC1CC(O)(c1ccc(Cl)cc1)C2)C1CC1. The average molecular weight is 334 g/mol. The number of benzene rings is 1. The van der Waals surface area contributed by atoms with E-state index >= 15 is 0 Å². The van der Waals surface area contributed by atoms with E-state index in [1.54, 1.807) is 0 Å². The Bertz CT molecular complexity index is 596. The molecule has 3 fully saturated rings. The largest absolute Gasteiger partial charge is 0.385 e. The predicted octanol–water partition coefficient (Wildman–Crippen LogP) is 3.73. The van der Waals surface area contributed by atoms with Gasteiger partial charge in [-0.3, -0.25) is 4.79 Å². The number of nitrogens with zero attached hydrogens (tertiary/aromatic N) is 1. The lowest BCUT2D eigenvalue weighted by Gasteiger charge is -2.45. The first-order chi connectivity index (χ1) is 11.0. The molecule has 2 aliphatic heterocycles. The second-order valence-corrected chi connectivity index (χ2v) is 8.14. The quantitative estimate of drug-likeness (QED) is 0.915. The number of piperidine rings is 1. The van der Waals surface area contributed by atoms with Gasteiger partial charge in [-0.05, 0) is 49.3 Å². The fourth-order valence-corrected chi connectivity index (χ4v) is 4.74. The van der Waals surface area contributed by atoms with Crippen LogP contribution in [0.4, 0.5) is 0 Å². The number of carbonyl (C=O) groups excluding carboxylic acids is 1. The summed E-state index contributed by atoms with van der Waals surface area (Å²) in [5, 5.41) is 11.9. The number of aliphatic hydroxyl groups is 1.